The largest absolute Gasteiger partial charge is 0.495 e. The van der Waals surface area contributed by atoms with Crippen molar-refractivity contribution >= 4 is 100 Å². The van der Waals surface area contributed by atoms with Crippen LogP contribution in [0.3, 0.4) is 0 Å². The molecule has 64 heavy (non-hydrogen) atoms. The highest BCUT2D eigenvalue weighted by molar-refractivity contribution is 7.94. The van der Waals surface area contributed by atoms with Crippen molar-refractivity contribution in [3.8, 4) is 11.5 Å². The Balaban J connectivity index is 0.000000147. The van der Waals surface area contributed by atoms with Crippen LogP contribution < -0.4 is 20.1 Å². The molecular formula is C45H43N9O7S3. The van der Waals surface area contributed by atoms with Crippen molar-refractivity contribution in [3.05, 3.63) is 80.1 Å². The summed E-state index contributed by atoms with van der Waals surface area (Å²) in [4.78, 5) is 57.0. The number of carbonyl (C=O) groups excluding carboxylic acids is 1. The summed E-state index contributed by atoms with van der Waals surface area (Å²) in [5, 5.41) is 18.2. The average Bonchev–Trinajstić information content (AvgIpc) is 4.09. The van der Waals surface area contributed by atoms with Gasteiger partial charge in [0.15, 0.2) is 9.84 Å². The smallest absolute Gasteiger partial charge is 0.306 e. The van der Waals surface area contributed by atoms with Gasteiger partial charge in [-0.1, -0.05) is 0 Å². The van der Waals surface area contributed by atoms with Crippen LogP contribution in [0.4, 0.5) is 23.0 Å². The Kier molecular flexibility index (Phi) is 9.91. The number of carboxylic acid groups (broad SMARTS) is 1. The topological polar surface area (TPSA) is 211 Å². The average molecular weight is 918 g/mol. The van der Waals surface area contributed by atoms with Gasteiger partial charge in [-0.2, -0.15) is 0 Å². The Bertz CT molecular complexity index is 3120. The van der Waals surface area contributed by atoms with Crippen LogP contribution in [0, 0.1) is 11.8 Å². The maximum absolute atomic E-state index is 13.2. The van der Waals surface area contributed by atoms with Crippen molar-refractivity contribution in [1.82, 2.24) is 24.8 Å². The molecule has 8 heterocycles. The number of hydrogen-bond donors (Lipinski definition) is 3. The van der Waals surface area contributed by atoms with Gasteiger partial charge in [0.05, 0.1) is 61.1 Å². The highest BCUT2D eigenvalue weighted by atomic mass is 32.2. The maximum Gasteiger partial charge on any atom is 0.306 e. The molecule has 0 radical (unpaired) electrons. The molecule has 2 fully saturated rings. The molecule has 6 aliphatic rings. The summed E-state index contributed by atoms with van der Waals surface area (Å²) < 4.78 is 34.8. The first-order valence-electron chi connectivity index (χ1n) is 21.2. The summed E-state index contributed by atoms with van der Waals surface area (Å²) >= 11 is 3.19. The van der Waals surface area contributed by atoms with E-state index in [1.807, 2.05) is 36.7 Å². The number of rotatable bonds is 8. The molecule has 2 saturated heterocycles. The van der Waals surface area contributed by atoms with Crippen LogP contribution >= 0.6 is 22.7 Å². The Hall–Kier alpha value is -6.05. The van der Waals surface area contributed by atoms with Crippen LogP contribution in [-0.4, -0.2) is 100 Å². The van der Waals surface area contributed by atoms with Crippen LogP contribution in [0.2, 0.25) is 0 Å². The van der Waals surface area contributed by atoms with E-state index in [4.69, 9.17) is 9.47 Å². The Morgan fingerprint density at radius 3 is 1.75 bits per heavy atom. The van der Waals surface area contributed by atoms with Crippen molar-refractivity contribution in [2.24, 2.45) is 21.8 Å². The van der Waals surface area contributed by atoms with Crippen molar-refractivity contribution < 1.29 is 32.6 Å². The second-order valence-electron chi connectivity index (χ2n) is 17.2. The number of aryl methyl sites for hydroxylation is 2. The number of benzene rings is 2. The third kappa shape index (κ3) is 6.77. The van der Waals surface area contributed by atoms with Gasteiger partial charge >= 0.3 is 5.97 Å². The zero-order chi connectivity index (χ0) is 43.9. The monoisotopic (exact) mass is 917 g/mol. The van der Waals surface area contributed by atoms with E-state index in [1.165, 1.54) is 11.1 Å². The number of aliphatic carboxylic acids is 1. The molecule has 6 aromatic rings. The molecule has 2 aliphatic carbocycles. The minimum atomic E-state index is -3.02. The van der Waals surface area contributed by atoms with Gasteiger partial charge in [-0.05, 0) is 103 Å². The number of hydrogen-bond acceptors (Lipinski definition) is 16. The van der Waals surface area contributed by atoms with Crippen molar-refractivity contribution in [2.75, 3.05) is 43.7 Å². The SMILES string of the molecule is COc1cc2c(cc1Nc1ncnc3sc4c(c13)CCC(C(=O)N1CC3(CCS3(=O)=O)C1)C4)C=NC2.COc1cc2c(cc1Nc1ncnc3sc4c(c13)CCC(C(=O)O)C4)C=NC2. The molecule has 19 heteroatoms. The Morgan fingerprint density at radius 1 is 0.766 bits per heavy atom. The lowest BCUT2D eigenvalue weighted by Gasteiger charge is -2.55. The van der Waals surface area contributed by atoms with E-state index in [2.05, 4.69) is 40.6 Å². The Morgan fingerprint density at radius 2 is 1.28 bits per heavy atom. The molecule has 1 spiro atoms. The van der Waals surface area contributed by atoms with Gasteiger partial charge in [0.1, 0.15) is 50.2 Å². The number of thiophene rings is 2. The zero-order valence-electron chi connectivity index (χ0n) is 35.0. The molecule has 1 amide bonds. The minimum absolute atomic E-state index is 0.0832. The summed E-state index contributed by atoms with van der Waals surface area (Å²) in [5.74, 6) is 2.11. The molecule has 0 bridgehead atoms. The number of sulfone groups is 1. The first kappa shape index (κ1) is 40.7. The fourth-order valence-corrected chi connectivity index (χ4v) is 14.2. The molecular weight excluding hydrogens is 875 g/mol. The van der Waals surface area contributed by atoms with E-state index >= 15 is 0 Å². The number of nitrogens with zero attached hydrogens (tertiary/aromatic N) is 7. The van der Waals surface area contributed by atoms with E-state index in [-0.39, 0.29) is 23.5 Å². The van der Waals surface area contributed by atoms with E-state index in [9.17, 15) is 23.1 Å². The second kappa shape index (κ2) is 15.6. The maximum atomic E-state index is 13.2. The van der Waals surface area contributed by atoms with Crippen LogP contribution in [0.1, 0.15) is 62.4 Å². The van der Waals surface area contributed by atoms with Crippen LogP contribution in [-0.2, 0) is 58.2 Å². The Labute approximate surface area is 375 Å². The number of nitrogens with one attached hydrogen (secondary N) is 2. The lowest BCUT2D eigenvalue weighted by molar-refractivity contribution is -0.142. The molecule has 12 rings (SSSR count). The van der Waals surface area contributed by atoms with Gasteiger partial charge in [0, 0.05) is 41.2 Å². The second-order valence-corrected chi connectivity index (χ2v) is 21.8. The number of fused-ring (bicyclic) bond motifs is 8. The van der Waals surface area contributed by atoms with Crippen molar-refractivity contribution in [2.45, 2.75) is 62.8 Å². The van der Waals surface area contributed by atoms with Crippen LogP contribution in [0.5, 0.6) is 11.5 Å². The molecule has 2 aromatic carbocycles. The number of carbonyl (C=O) groups is 2. The quantitative estimate of drug-likeness (QED) is 0.150. The molecule has 4 aliphatic heterocycles. The predicted octanol–water partition coefficient (Wildman–Crippen LogP) is 6.45. The normalized spacial score (nSPS) is 20.3. The van der Waals surface area contributed by atoms with Crippen molar-refractivity contribution in [1.29, 1.82) is 0 Å². The summed E-state index contributed by atoms with van der Waals surface area (Å²) in [6.07, 6.45) is 11.6. The first-order chi connectivity index (χ1) is 31.0. The van der Waals surface area contributed by atoms with E-state index in [0.29, 0.717) is 51.9 Å². The summed E-state index contributed by atoms with van der Waals surface area (Å²) in [6, 6.07) is 8.08. The number of amides is 1. The molecule has 2 atom stereocenters. The molecule has 4 aromatic heterocycles. The summed E-state index contributed by atoms with van der Waals surface area (Å²) in [7, 11) is 0.287. The number of likely N-dealkylation sites (tertiary alicyclic amines) is 1. The lowest BCUT2D eigenvalue weighted by atomic mass is 9.85. The van der Waals surface area contributed by atoms with Crippen molar-refractivity contribution in [3.63, 3.8) is 0 Å². The highest BCUT2D eigenvalue weighted by Crippen LogP contribution is 2.46. The third-order valence-corrected chi connectivity index (χ3v) is 18.4. The van der Waals surface area contributed by atoms with E-state index in [0.717, 1.165) is 106 Å². The zero-order valence-corrected chi connectivity index (χ0v) is 37.5. The van der Waals surface area contributed by atoms with Gasteiger partial charge in [-0.3, -0.25) is 19.6 Å². The molecule has 328 valence electrons. The van der Waals surface area contributed by atoms with E-state index < -0.39 is 20.6 Å². The molecule has 16 nitrogen and oxygen atoms in total. The standard InChI is InChI=1S/C25H25N5O4S2.C20H18N4O3S/c1-34-19-7-16-10-26-9-15(16)6-18(19)29-22-21-17-3-2-14(8-20(17)35-23(21)28-13-27-22)24(31)30-11-25(12-30)4-5-36(25,32)33;1-27-15-5-12-8-21-7-11(12)4-14(15)24-18-17-13-3-2-10(20(25)26)6-16(13)28-19(17)23-9-22-18/h6-7,9,13-14H,2-5,8,10-12H2,1H3,(H,27,28,29);4-5,7,9-10H,2-3,6,8H2,1H3,(H,25,26)(H,22,23,24). The minimum Gasteiger partial charge on any atom is -0.495 e. The van der Waals surface area contributed by atoms with Gasteiger partial charge in [0.25, 0.3) is 0 Å². The van der Waals surface area contributed by atoms with Gasteiger partial charge in [-0.25, -0.2) is 28.4 Å². The predicted molar refractivity (Wildman–Crippen MR) is 246 cm³/mol. The number of aromatic nitrogens is 4. The van der Waals surface area contributed by atoms with Crippen LogP contribution in [0.15, 0.2) is 46.9 Å². The number of aliphatic imine (C=N–C) groups is 2. The molecule has 3 N–H and O–H groups in total. The number of ether oxygens (including phenoxy) is 2. The fourth-order valence-electron chi connectivity index (χ4n) is 9.87. The number of anilines is 4. The highest BCUT2D eigenvalue weighted by Gasteiger charge is 2.61. The lowest BCUT2D eigenvalue weighted by Crippen LogP contribution is -2.73. The fraction of sp³-hybridized carbons (Fsp3) is 0.378. The van der Waals surface area contributed by atoms with Gasteiger partial charge < -0.3 is 30.1 Å². The summed E-state index contributed by atoms with van der Waals surface area (Å²) in [5.41, 5.74) is 8.44. The molecule has 0 saturated carbocycles. The third-order valence-electron chi connectivity index (χ3n) is 13.6. The van der Waals surface area contributed by atoms with E-state index in [1.54, 1.807) is 54.4 Å². The van der Waals surface area contributed by atoms with Crippen LogP contribution in [0.25, 0.3) is 20.4 Å². The number of methoxy groups -OCH3 is 2. The first-order valence-corrected chi connectivity index (χ1v) is 24.5. The molecule has 2 unspecified atom stereocenters. The summed E-state index contributed by atoms with van der Waals surface area (Å²) in [6.45, 7) is 2.05. The number of carboxylic acids is 1. The van der Waals surface area contributed by atoms with Gasteiger partial charge in [0.2, 0.25) is 5.91 Å². The van der Waals surface area contributed by atoms with Gasteiger partial charge in [-0.15, -0.1) is 22.7 Å².